The predicted octanol–water partition coefficient (Wildman–Crippen LogP) is 4.64. The molecule has 5 nitrogen and oxygen atoms in total. The van der Waals surface area contributed by atoms with Crippen LogP contribution in [-0.4, -0.2) is 12.5 Å². The molecule has 2 aromatic carbocycles. The molecule has 0 saturated heterocycles. The number of hydrogen-bond acceptors (Lipinski definition) is 5. The molecule has 0 fully saturated rings. The van der Waals surface area contributed by atoms with Crippen LogP contribution in [-0.2, 0) is 6.54 Å². The fraction of sp³-hybridized carbons (Fsp3) is 0.182. The zero-order chi connectivity index (χ0) is 19.7. The van der Waals surface area contributed by atoms with Crippen LogP contribution in [0.5, 0.6) is 5.75 Å². The zero-order valence-corrected chi connectivity index (χ0v) is 16.4. The molecule has 2 heterocycles. The molecule has 0 radical (unpaired) electrons. The molecule has 0 bridgehead atoms. The zero-order valence-electron chi connectivity index (χ0n) is 15.6. The Morgan fingerprint density at radius 3 is 2.64 bits per heavy atom. The summed E-state index contributed by atoms with van der Waals surface area (Å²) in [5, 5.41) is 4.20. The lowest BCUT2D eigenvalue weighted by molar-refractivity contribution is 0.0955. The monoisotopic (exact) mass is 393 g/mol. The third-order valence-electron chi connectivity index (χ3n) is 4.45. The van der Waals surface area contributed by atoms with Crippen LogP contribution in [0.1, 0.15) is 27.7 Å². The van der Waals surface area contributed by atoms with E-state index in [2.05, 4.69) is 5.32 Å². The summed E-state index contributed by atoms with van der Waals surface area (Å²) >= 11 is 1.31. The maximum Gasteiger partial charge on any atom is 0.345 e. The van der Waals surface area contributed by atoms with Crippen LogP contribution >= 0.6 is 11.3 Å². The molecular formula is C22H19NO4S. The number of ether oxygens (including phenoxy) is 1. The minimum absolute atomic E-state index is 0.213. The van der Waals surface area contributed by atoms with Crippen molar-refractivity contribution in [1.82, 2.24) is 5.32 Å². The molecule has 1 amide bonds. The highest BCUT2D eigenvalue weighted by Gasteiger charge is 2.16. The molecule has 0 aliphatic heterocycles. The van der Waals surface area contributed by atoms with Gasteiger partial charge in [-0.3, -0.25) is 4.79 Å². The van der Waals surface area contributed by atoms with Crippen molar-refractivity contribution < 1.29 is 13.9 Å². The van der Waals surface area contributed by atoms with E-state index in [1.807, 2.05) is 50.2 Å². The number of carbonyl (C=O) groups is 1. The van der Waals surface area contributed by atoms with E-state index in [0.29, 0.717) is 29.0 Å². The molecule has 2 aromatic heterocycles. The van der Waals surface area contributed by atoms with Crippen molar-refractivity contribution in [2.45, 2.75) is 20.4 Å². The quantitative estimate of drug-likeness (QED) is 0.501. The molecule has 0 saturated carbocycles. The summed E-state index contributed by atoms with van der Waals surface area (Å²) in [4.78, 5) is 25.4. The number of aryl methyl sites for hydroxylation is 1. The molecule has 4 rings (SSSR count). The van der Waals surface area contributed by atoms with Crippen molar-refractivity contribution in [1.29, 1.82) is 0 Å². The Kier molecular flexibility index (Phi) is 4.88. The van der Waals surface area contributed by atoms with Crippen molar-refractivity contribution in [2.24, 2.45) is 0 Å². The summed E-state index contributed by atoms with van der Waals surface area (Å²) in [6.07, 6.45) is 0. The Morgan fingerprint density at radius 1 is 1.11 bits per heavy atom. The van der Waals surface area contributed by atoms with Gasteiger partial charge < -0.3 is 14.5 Å². The van der Waals surface area contributed by atoms with E-state index in [-0.39, 0.29) is 5.91 Å². The molecule has 0 spiro atoms. The first-order chi connectivity index (χ1) is 13.5. The molecule has 0 atom stereocenters. The van der Waals surface area contributed by atoms with Gasteiger partial charge in [0.25, 0.3) is 5.91 Å². The largest absolute Gasteiger partial charge is 0.494 e. The van der Waals surface area contributed by atoms with E-state index >= 15 is 0 Å². The number of nitrogens with one attached hydrogen (secondary N) is 1. The number of rotatable bonds is 5. The summed E-state index contributed by atoms with van der Waals surface area (Å²) in [5.41, 5.74) is 2.15. The van der Waals surface area contributed by atoms with Crippen LogP contribution < -0.4 is 15.7 Å². The molecular weight excluding hydrogens is 374 g/mol. The van der Waals surface area contributed by atoms with E-state index in [9.17, 15) is 9.59 Å². The minimum Gasteiger partial charge on any atom is -0.494 e. The third kappa shape index (κ3) is 3.51. The number of carbonyl (C=O) groups excluding carboxylic acids is 1. The molecule has 0 aliphatic rings. The molecule has 0 aliphatic carbocycles. The molecule has 0 unspecified atom stereocenters. The summed E-state index contributed by atoms with van der Waals surface area (Å²) in [6, 6.07) is 14.9. The molecule has 142 valence electrons. The van der Waals surface area contributed by atoms with Crippen LogP contribution in [0.25, 0.3) is 21.1 Å². The molecule has 1 N–H and O–H groups in total. The second-order valence-corrected chi connectivity index (χ2v) is 7.55. The Morgan fingerprint density at radius 2 is 1.89 bits per heavy atom. The molecule has 4 aromatic rings. The third-order valence-corrected chi connectivity index (χ3v) is 5.61. The van der Waals surface area contributed by atoms with Gasteiger partial charge in [-0.05, 0) is 49.7 Å². The molecule has 6 heteroatoms. The van der Waals surface area contributed by atoms with Crippen LogP contribution in [0.3, 0.4) is 0 Å². The second-order valence-electron chi connectivity index (χ2n) is 6.50. The standard InChI is InChI=1S/C22H19NO4S/c1-3-26-15-7-5-14(6-8-15)12-23-21(24)19-11-17-20(28-19)16-10-13(2)4-9-18(16)27-22(17)25/h4-11H,3,12H2,1-2H3,(H,23,24). The number of thiophene rings is 1. The van der Waals surface area contributed by atoms with Gasteiger partial charge in [0.2, 0.25) is 0 Å². The van der Waals surface area contributed by atoms with Crippen molar-refractivity contribution in [3.8, 4) is 5.75 Å². The summed E-state index contributed by atoms with van der Waals surface area (Å²) < 4.78 is 11.6. The number of amides is 1. The van der Waals surface area contributed by atoms with Gasteiger partial charge in [0, 0.05) is 11.9 Å². The highest BCUT2D eigenvalue weighted by Crippen LogP contribution is 2.31. The van der Waals surface area contributed by atoms with E-state index in [1.54, 1.807) is 12.1 Å². The lowest BCUT2D eigenvalue weighted by atomic mass is 10.1. The first-order valence-electron chi connectivity index (χ1n) is 9.02. The van der Waals surface area contributed by atoms with Crippen LogP contribution in [0, 0.1) is 6.92 Å². The fourth-order valence-electron chi connectivity index (χ4n) is 3.06. The van der Waals surface area contributed by atoms with Crippen LogP contribution in [0.4, 0.5) is 0 Å². The van der Waals surface area contributed by atoms with Gasteiger partial charge in [-0.25, -0.2) is 4.79 Å². The average Bonchev–Trinajstić information content (AvgIpc) is 3.15. The van der Waals surface area contributed by atoms with Crippen molar-refractivity contribution in [3.05, 3.63) is 75.0 Å². The Labute approximate surface area is 165 Å². The van der Waals surface area contributed by atoms with E-state index < -0.39 is 5.63 Å². The Bertz CT molecular complexity index is 1220. The number of hydrogen-bond donors (Lipinski definition) is 1. The average molecular weight is 393 g/mol. The van der Waals surface area contributed by atoms with Gasteiger partial charge in [0.15, 0.2) is 0 Å². The van der Waals surface area contributed by atoms with Gasteiger partial charge in [-0.1, -0.05) is 23.8 Å². The number of benzene rings is 2. The molecule has 28 heavy (non-hydrogen) atoms. The van der Waals surface area contributed by atoms with E-state index in [0.717, 1.165) is 27.0 Å². The smallest absolute Gasteiger partial charge is 0.345 e. The van der Waals surface area contributed by atoms with Crippen molar-refractivity contribution in [3.63, 3.8) is 0 Å². The number of fused-ring (bicyclic) bond motifs is 3. The highest BCUT2D eigenvalue weighted by molar-refractivity contribution is 7.21. The second kappa shape index (κ2) is 7.48. The van der Waals surface area contributed by atoms with E-state index in [1.165, 1.54) is 11.3 Å². The van der Waals surface area contributed by atoms with E-state index in [4.69, 9.17) is 9.15 Å². The summed E-state index contributed by atoms with van der Waals surface area (Å²) in [7, 11) is 0. The first kappa shape index (κ1) is 18.3. The lowest BCUT2D eigenvalue weighted by Crippen LogP contribution is -2.21. The van der Waals surface area contributed by atoms with Gasteiger partial charge in [-0.15, -0.1) is 11.3 Å². The maximum atomic E-state index is 12.6. The minimum atomic E-state index is -0.423. The van der Waals surface area contributed by atoms with Gasteiger partial charge in [0.1, 0.15) is 11.3 Å². The topological polar surface area (TPSA) is 68.5 Å². The van der Waals surface area contributed by atoms with Crippen LogP contribution in [0.2, 0.25) is 0 Å². The summed E-state index contributed by atoms with van der Waals surface area (Å²) in [6.45, 7) is 4.93. The van der Waals surface area contributed by atoms with Crippen molar-refractivity contribution in [2.75, 3.05) is 6.61 Å². The summed E-state index contributed by atoms with van der Waals surface area (Å²) in [5.74, 6) is 0.589. The SMILES string of the molecule is CCOc1ccc(CNC(=O)c2cc3c(=O)oc4ccc(C)cc4c3s2)cc1. The lowest BCUT2D eigenvalue weighted by Gasteiger charge is -2.06. The fourth-order valence-corrected chi connectivity index (χ4v) is 4.14. The Hall–Kier alpha value is -3.12. The maximum absolute atomic E-state index is 12.6. The van der Waals surface area contributed by atoms with Crippen LogP contribution in [0.15, 0.2) is 57.7 Å². The van der Waals surface area contributed by atoms with Crippen molar-refractivity contribution >= 4 is 38.3 Å². The first-order valence-corrected chi connectivity index (χ1v) is 9.84. The normalized spacial score (nSPS) is 11.1. The van der Waals surface area contributed by atoms with Gasteiger partial charge in [-0.2, -0.15) is 0 Å². The Balaban J connectivity index is 1.59. The predicted molar refractivity (Wildman–Crippen MR) is 111 cm³/mol. The van der Waals surface area contributed by atoms with Gasteiger partial charge >= 0.3 is 5.63 Å². The van der Waals surface area contributed by atoms with Gasteiger partial charge in [0.05, 0.1) is 21.6 Å². The highest BCUT2D eigenvalue weighted by atomic mass is 32.1.